The van der Waals surface area contributed by atoms with Crippen molar-refractivity contribution in [2.45, 2.75) is 13.8 Å². The molecule has 1 aromatic carbocycles. The van der Waals surface area contributed by atoms with Gasteiger partial charge in [0.1, 0.15) is 5.88 Å². The molecule has 0 saturated carbocycles. The van der Waals surface area contributed by atoms with Crippen molar-refractivity contribution in [1.82, 2.24) is 5.32 Å². The summed E-state index contributed by atoms with van der Waals surface area (Å²) in [5, 5.41) is 5.12. The van der Waals surface area contributed by atoms with Gasteiger partial charge in [-0.2, -0.15) is 0 Å². The minimum absolute atomic E-state index is 0.0706. The van der Waals surface area contributed by atoms with Gasteiger partial charge in [-0.15, -0.1) is 11.6 Å². The van der Waals surface area contributed by atoms with Crippen LogP contribution in [0.3, 0.4) is 0 Å². The van der Waals surface area contributed by atoms with E-state index in [4.69, 9.17) is 11.6 Å². The molecule has 1 rings (SSSR count). The second kappa shape index (κ2) is 6.25. The smallest absolute Gasteiger partial charge is 0.243 e. The first-order valence-corrected chi connectivity index (χ1v) is 5.76. The zero-order chi connectivity index (χ0) is 12.8. The Hall–Kier alpha value is -1.55. The Labute approximate surface area is 105 Å². The van der Waals surface area contributed by atoms with Crippen LogP contribution in [0.4, 0.5) is 5.69 Å². The molecule has 0 aromatic heterocycles. The largest absolute Gasteiger partial charge is 0.346 e. The van der Waals surface area contributed by atoms with Gasteiger partial charge in [0.2, 0.25) is 11.8 Å². The fraction of sp³-hybridized carbons (Fsp3) is 0.333. The van der Waals surface area contributed by atoms with Crippen LogP contribution in [0.5, 0.6) is 0 Å². The monoisotopic (exact) mass is 254 g/mol. The standard InChI is InChI=1S/C12H15ClN2O2/c1-8-3-4-10(9(2)5-8)15-12(17)7-14-11(16)6-13/h3-5H,6-7H2,1-2H3,(H,14,16)(H,15,17). The molecule has 0 aliphatic carbocycles. The number of anilines is 1. The van der Waals surface area contributed by atoms with Crippen molar-refractivity contribution in [2.75, 3.05) is 17.7 Å². The first-order chi connectivity index (χ1) is 8.02. The lowest BCUT2D eigenvalue weighted by Gasteiger charge is -2.09. The lowest BCUT2D eigenvalue weighted by atomic mass is 10.1. The second-order valence-corrected chi connectivity index (χ2v) is 4.04. The van der Waals surface area contributed by atoms with E-state index in [2.05, 4.69) is 10.6 Å². The van der Waals surface area contributed by atoms with E-state index in [-0.39, 0.29) is 24.2 Å². The number of hydrogen-bond donors (Lipinski definition) is 2. The number of carbonyl (C=O) groups excluding carboxylic acids is 2. The molecule has 0 saturated heterocycles. The number of amides is 2. The van der Waals surface area contributed by atoms with E-state index in [1.165, 1.54) is 0 Å². The van der Waals surface area contributed by atoms with Crippen LogP contribution < -0.4 is 10.6 Å². The molecule has 2 N–H and O–H groups in total. The van der Waals surface area contributed by atoms with Crippen molar-refractivity contribution in [3.8, 4) is 0 Å². The molecule has 0 radical (unpaired) electrons. The molecule has 17 heavy (non-hydrogen) atoms. The van der Waals surface area contributed by atoms with Gasteiger partial charge in [0, 0.05) is 5.69 Å². The molecule has 0 heterocycles. The summed E-state index contributed by atoms with van der Waals surface area (Å²) in [6, 6.07) is 5.73. The van der Waals surface area contributed by atoms with E-state index >= 15 is 0 Å². The Morgan fingerprint density at radius 2 is 1.94 bits per heavy atom. The molecule has 5 heteroatoms. The average Bonchev–Trinajstić information content (AvgIpc) is 2.29. The topological polar surface area (TPSA) is 58.2 Å². The number of alkyl halides is 1. The predicted octanol–water partition coefficient (Wildman–Crippen LogP) is 1.60. The Balaban J connectivity index is 2.53. The first-order valence-electron chi connectivity index (χ1n) is 5.22. The van der Waals surface area contributed by atoms with Gasteiger partial charge < -0.3 is 10.6 Å². The number of aryl methyl sites for hydroxylation is 2. The van der Waals surface area contributed by atoms with Crippen molar-refractivity contribution in [3.63, 3.8) is 0 Å². The second-order valence-electron chi connectivity index (χ2n) is 3.78. The molecule has 0 aliphatic rings. The van der Waals surface area contributed by atoms with Crippen LogP contribution in [0.2, 0.25) is 0 Å². The summed E-state index contributed by atoms with van der Waals surface area (Å²) in [5.41, 5.74) is 2.87. The van der Waals surface area contributed by atoms with Gasteiger partial charge in [-0.1, -0.05) is 17.7 Å². The van der Waals surface area contributed by atoms with Gasteiger partial charge in [0.05, 0.1) is 6.54 Å². The third-order valence-electron chi connectivity index (χ3n) is 2.22. The van der Waals surface area contributed by atoms with Gasteiger partial charge in [0.15, 0.2) is 0 Å². The Bertz CT molecular complexity index is 433. The molecule has 0 unspecified atom stereocenters. The van der Waals surface area contributed by atoms with E-state index < -0.39 is 0 Å². The van der Waals surface area contributed by atoms with E-state index in [9.17, 15) is 9.59 Å². The van der Waals surface area contributed by atoms with Gasteiger partial charge in [-0.25, -0.2) is 0 Å². The van der Waals surface area contributed by atoms with E-state index in [1.807, 2.05) is 32.0 Å². The van der Waals surface area contributed by atoms with Gasteiger partial charge >= 0.3 is 0 Å². The highest BCUT2D eigenvalue weighted by Crippen LogP contribution is 2.15. The number of nitrogens with one attached hydrogen (secondary N) is 2. The Morgan fingerprint density at radius 3 is 2.53 bits per heavy atom. The third kappa shape index (κ3) is 4.44. The summed E-state index contributed by atoms with van der Waals surface area (Å²) in [5.74, 6) is -0.769. The summed E-state index contributed by atoms with van der Waals surface area (Å²) in [7, 11) is 0. The molecule has 0 fully saturated rings. The van der Waals surface area contributed by atoms with Crippen LogP contribution >= 0.6 is 11.6 Å². The maximum Gasteiger partial charge on any atom is 0.243 e. The molecule has 0 atom stereocenters. The van der Waals surface area contributed by atoms with Crippen LogP contribution in [0.25, 0.3) is 0 Å². The SMILES string of the molecule is Cc1ccc(NC(=O)CNC(=O)CCl)c(C)c1. The number of benzene rings is 1. The summed E-state index contributed by atoms with van der Waals surface area (Å²) in [6.45, 7) is 3.83. The first kappa shape index (κ1) is 13.5. The van der Waals surface area contributed by atoms with Gasteiger partial charge in [-0.3, -0.25) is 9.59 Å². The Morgan fingerprint density at radius 1 is 1.24 bits per heavy atom. The lowest BCUT2D eigenvalue weighted by Crippen LogP contribution is -2.33. The quantitative estimate of drug-likeness (QED) is 0.802. The lowest BCUT2D eigenvalue weighted by molar-refractivity contribution is -0.122. The van der Waals surface area contributed by atoms with Crippen LogP contribution in [0, 0.1) is 13.8 Å². The van der Waals surface area contributed by atoms with Crippen molar-refractivity contribution in [1.29, 1.82) is 0 Å². The van der Waals surface area contributed by atoms with E-state index in [0.29, 0.717) is 0 Å². The molecule has 2 amide bonds. The van der Waals surface area contributed by atoms with Crippen LogP contribution in [0.1, 0.15) is 11.1 Å². The molecule has 0 bridgehead atoms. The number of carbonyl (C=O) groups is 2. The summed E-state index contributed by atoms with van der Waals surface area (Å²) in [6.07, 6.45) is 0. The highest BCUT2D eigenvalue weighted by atomic mass is 35.5. The minimum Gasteiger partial charge on any atom is -0.346 e. The zero-order valence-electron chi connectivity index (χ0n) is 9.84. The van der Waals surface area contributed by atoms with Crippen molar-refractivity contribution in [3.05, 3.63) is 29.3 Å². The average molecular weight is 255 g/mol. The fourth-order valence-electron chi connectivity index (χ4n) is 1.37. The highest BCUT2D eigenvalue weighted by Gasteiger charge is 2.06. The normalized spacial score (nSPS) is 9.82. The predicted molar refractivity (Wildman–Crippen MR) is 68.3 cm³/mol. The fourth-order valence-corrected chi connectivity index (χ4v) is 1.47. The van der Waals surface area contributed by atoms with Crippen LogP contribution in [-0.4, -0.2) is 24.2 Å². The van der Waals surface area contributed by atoms with Crippen LogP contribution in [-0.2, 0) is 9.59 Å². The number of halogens is 1. The van der Waals surface area contributed by atoms with Gasteiger partial charge in [-0.05, 0) is 25.5 Å². The maximum atomic E-state index is 11.5. The van der Waals surface area contributed by atoms with Crippen molar-refractivity contribution < 1.29 is 9.59 Å². The maximum absolute atomic E-state index is 11.5. The molecule has 0 spiro atoms. The molecular weight excluding hydrogens is 240 g/mol. The Kier molecular flexibility index (Phi) is 4.97. The number of rotatable bonds is 4. The van der Waals surface area contributed by atoms with Crippen LogP contribution in [0.15, 0.2) is 18.2 Å². The summed E-state index contributed by atoms with van der Waals surface area (Å²) < 4.78 is 0. The summed E-state index contributed by atoms with van der Waals surface area (Å²) in [4.78, 5) is 22.4. The van der Waals surface area contributed by atoms with E-state index in [1.54, 1.807) is 0 Å². The van der Waals surface area contributed by atoms with Crippen molar-refractivity contribution >= 4 is 29.1 Å². The minimum atomic E-state index is -0.359. The zero-order valence-corrected chi connectivity index (χ0v) is 10.6. The highest BCUT2D eigenvalue weighted by molar-refractivity contribution is 6.27. The molecule has 1 aromatic rings. The van der Waals surface area contributed by atoms with E-state index in [0.717, 1.165) is 16.8 Å². The van der Waals surface area contributed by atoms with Crippen molar-refractivity contribution in [2.24, 2.45) is 0 Å². The van der Waals surface area contributed by atoms with Gasteiger partial charge in [0.25, 0.3) is 0 Å². The molecule has 92 valence electrons. The molecular formula is C12H15ClN2O2. The third-order valence-corrected chi connectivity index (χ3v) is 2.47. The molecule has 0 aliphatic heterocycles. The summed E-state index contributed by atoms with van der Waals surface area (Å²) >= 11 is 5.29. The number of hydrogen-bond acceptors (Lipinski definition) is 2. The molecule has 4 nitrogen and oxygen atoms in total.